The van der Waals surface area contributed by atoms with Gasteiger partial charge in [-0.1, -0.05) is 0 Å². The molecule has 1 aromatic rings. The van der Waals surface area contributed by atoms with Crippen molar-refractivity contribution in [3.05, 3.63) is 24.3 Å². The van der Waals surface area contributed by atoms with Crippen LogP contribution >= 0.6 is 12.9 Å². The fourth-order valence-electron chi connectivity index (χ4n) is 0.529. The van der Waals surface area contributed by atoms with Crippen LogP contribution < -0.4 is 9.92 Å². The molecular weight excluding hydrogens is 134 g/mol. The Hall–Kier alpha value is -0.830. The van der Waals surface area contributed by atoms with Gasteiger partial charge in [0.15, 0.2) is 0 Å². The van der Waals surface area contributed by atoms with E-state index in [1.54, 1.807) is 24.3 Å². The van der Waals surface area contributed by atoms with Gasteiger partial charge in [-0.05, 0) is 24.3 Å². The average Bonchev–Trinajstić information content (AvgIpc) is 1.90. The van der Waals surface area contributed by atoms with Crippen LogP contribution in [-0.2, 0) is 0 Å². The van der Waals surface area contributed by atoms with Crippen molar-refractivity contribution in [1.82, 2.24) is 0 Å². The van der Waals surface area contributed by atoms with Gasteiger partial charge in [0.2, 0.25) is 0 Å². The van der Waals surface area contributed by atoms with Crippen molar-refractivity contribution < 1.29 is 4.18 Å². The Labute approximate surface area is 59.2 Å². The molecule has 0 atom stereocenters. The molecule has 0 bridgehead atoms. The second-order valence-corrected chi connectivity index (χ2v) is 1.84. The smallest absolute Gasteiger partial charge is 0.137 e. The molecule has 0 aliphatic heterocycles. The van der Waals surface area contributed by atoms with Crippen molar-refractivity contribution in [2.75, 3.05) is 5.73 Å². The van der Waals surface area contributed by atoms with E-state index in [9.17, 15) is 0 Å². The topological polar surface area (TPSA) is 35.2 Å². The number of hydrogen-bond donors (Lipinski definition) is 2. The predicted molar refractivity (Wildman–Crippen MR) is 40.5 cm³/mol. The third-order valence-corrected chi connectivity index (χ3v) is 1.20. The number of thiol groups is 1. The first kappa shape index (κ1) is 6.29. The summed E-state index contributed by atoms with van der Waals surface area (Å²) < 4.78 is 4.61. The number of hydrogen-bond acceptors (Lipinski definition) is 3. The van der Waals surface area contributed by atoms with Crippen LogP contribution in [0, 0.1) is 0 Å². The van der Waals surface area contributed by atoms with E-state index in [1.807, 2.05) is 0 Å². The molecule has 1 aromatic carbocycles. The van der Waals surface area contributed by atoms with E-state index in [0.717, 1.165) is 5.69 Å². The zero-order valence-corrected chi connectivity index (χ0v) is 5.64. The summed E-state index contributed by atoms with van der Waals surface area (Å²) in [6, 6.07) is 7.02. The van der Waals surface area contributed by atoms with E-state index < -0.39 is 0 Å². The van der Waals surface area contributed by atoms with Crippen LogP contribution in [0.4, 0.5) is 5.69 Å². The van der Waals surface area contributed by atoms with Gasteiger partial charge in [-0.15, -0.1) is 0 Å². The van der Waals surface area contributed by atoms with Crippen LogP contribution in [0.15, 0.2) is 24.3 Å². The molecule has 9 heavy (non-hydrogen) atoms. The van der Waals surface area contributed by atoms with Gasteiger partial charge in [0.1, 0.15) is 5.75 Å². The molecule has 3 heteroatoms. The second-order valence-electron chi connectivity index (χ2n) is 1.66. The summed E-state index contributed by atoms with van der Waals surface area (Å²) in [6.45, 7) is 0. The molecule has 0 spiro atoms. The highest BCUT2D eigenvalue weighted by atomic mass is 32.1. The zero-order valence-electron chi connectivity index (χ0n) is 4.74. The van der Waals surface area contributed by atoms with E-state index in [2.05, 4.69) is 17.1 Å². The number of nitrogen functional groups attached to an aromatic ring is 1. The molecule has 0 heterocycles. The Morgan fingerprint density at radius 3 is 2.22 bits per heavy atom. The van der Waals surface area contributed by atoms with Crippen molar-refractivity contribution in [3.63, 3.8) is 0 Å². The summed E-state index contributed by atoms with van der Waals surface area (Å²) in [5.41, 5.74) is 6.13. The van der Waals surface area contributed by atoms with Gasteiger partial charge in [0, 0.05) is 18.6 Å². The van der Waals surface area contributed by atoms with Gasteiger partial charge >= 0.3 is 0 Å². The van der Waals surface area contributed by atoms with Gasteiger partial charge in [0.25, 0.3) is 0 Å². The zero-order chi connectivity index (χ0) is 6.69. The third kappa shape index (κ3) is 1.54. The fraction of sp³-hybridized carbons (Fsp3) is 0. The van der Waals surface area contributed by atoms with Crippen LogP contribution in [-0.4, -0.2) is 0 Å². The molecule has 0 saturated carbocycles. The lowest BCUT2D eigenvalue weighted by Crippen LogP contribution is -1.82. The first-order chi connectivity index (χ1) is 4.33. The molecule has 0 saturated heterocycles. The fourth-order valence-corrected chi connectivity index (χ4v) is 0.650. The Balaban J connectivity index is 2.88. The van der Waals surface area contributed by atoms with E-state index in [0.29, 0.717) is 5.75 Å². The van der Waals surface area contributed by atoms with Crippen LogP contribution in [0.25, 0.3) is 0 Å². The molecule has 0 unspecified atom stereocenters. The van der Waals surface area contributed by atoms with E-state index in [1.165, 1.54) is 0 Å². The lowest BCUT2D eigenvalue weighted by molar-refractivity contribution is 0.659. The van der Waals surface area contributed by atoms with Crippen molar-refractivity contribution in [2.24, 2.45) is 0 Å². The Bertz CT molecular complexity index is 185. The normalized spacial score (nSPS) is 9.00. The van der Waals surface area contributed by atoms with E-state index in [-0.39, 0.29) is 0 Å². The summed E-state index contributed by atoms with van der Waals surface area (Å²) in [7, 11) is 0. The van der Waals surface area contributed by atoms with Gasteiger partial charge in [-0.3, -0.25) is 0 Å². The molecule has 0 radical (unpaired) electrons. The molecule has 0 amide bonds. The lowest BCUT2D eigenvalue weighted by Gasteiger charge is -1.95. The number of benzene rings is 1. The van der Waals surface area contributed by atoms with Crippen molar-refractivity contribution >= 4 is 18.6 Å². The molecular formula is C6H7NOS. The van der Waals surface area contributed by atoms with Gasteiger partial charge in [-0.2, -0.15) is 0 Å². The maximum absolute atomic E-state index is 5.40. The van der Waals surface area contributed by atoms with Gasteiger partial charge < -0.3 is 9.92 Å². The maximum atomic E-state index is 5.40. The molecule has 0 fully saturated rings. The molecule has 0 aliphatic rings. The third-order valence-electron chi connectivity index (χ3n) is 0.986. The van der Waals surface area contributed by atoms with E-state index >= 15 is 0 Å². The molecule has 2 N–H and O–H groups in total. The van der Waals surface area contributed by atoms with Crippen LogP contribution in [0.1, 0.15) is 0 Å². The largest absolute Gasteiger partial charge is 0.429 e. The average molecular weight is 141 g/mol. The SMILES string of the molecule is Nc1ccc(OS)cc1. The Morgan fingerprint density at radius 1 is 1.22 bits per heavy atom. The lowest BCUT2D eigenvalue weighted by atomic mass is 10.3. The molecule has 2 nitrogen and oxygen atoms in total. The molecule has 0 aliphatic carbocycles. The van der Waals surface area contributed by atoms with Crippen LogP contribution in [0.3, 0.4) is 0 Å². The Morgan fingerprint density at radius 2 is 1.78 bits per heavy atom. The molecule has 0 aromatic heterocycles. The minimum atomic E-state index is 0.701. The summed E-state index contributed by atoms with van der Waals surface area (Å²) >= 11 is 3.60. The summed E-state index contributed by atoms with van der Waals surface area (Å²) in [5.74, 6) is 0.701. The quantitative estimate of drug-likeness (QED) is 0.353. The standard InChI is InChI=1S/C6H7NOS/c7-5-1-3-6(8-9)4-2-5/h1-4,9H,7H2. The number of anilines is 1. The second kappa shape index (κ2) is 2.64. The van der Waals surface area contributed by atoms with Crippen molar-refractivity contribution in [1.29, 1.82) is 0 Å². The molecule has 1 rings (SSSR count). The monoisotopic (exact) mass is 141 g/mol. The summed E-state index contributed by atoms with van der Waals surface area (Å²) in [4.78, 5) is 0. The van der Waals surface area contributed by atoms with Crippen molar-refractivity contribution in [2.45, 2.75) is 0 Å². The number of nitrogens with two attached hydrogens (primary N) is 1. The van der Waals surface area contributed by atoms with Crippen molar-refractivity contribution in [3.8, 4) is 5.75 Å². The minimum absolute atomic E-state index is 0.701. The predicted octanol–water partition coefficient (Wildman–Crippen LogP) is 1.49. The first-order valence-electron chi connectivity index (χ1n) is 2.50. The maximum Gasteiger partial charge on any atom is 0.137 e. The van der Waals surface area contributed by atoms with Gasteiger partial charge in [-0.25, -0.2) is 0 Å². The summed E-state index contributed by atoms with van der Waals surface area (Å²) in [5, 5.41) is 0. The molecule has 48 valence electrons. The first-order valence-corrected chi connectivity index (χ1v) is 2.86. The van der Waals surface area contributed by atoms with Crippen LogP contribution in [0.2, 0.25) is 0 Å². The highest BCUT2D eigenvalue weighted by Crippen LogP contribution is 2.13. The van der Waals surface area contributed by atoms with Crippen LogP contribution in [0.5, 0.6) is 5.75 Å². The highest BCUT2D eigenvalue weighted by Gasteiger charge is 1.86. The highest BCUT2D eigenvalue weighted by molar-refractivity contribution is 7.75. The number of rotatable bonds is 1. The summed E-state index contributed by atoms with van der Waals surface area (Å²) in [6.07, 6.45) is 0. The Kier molecular flexibility index (Phi) is 1.85. The minimum Gasteiger partial charge on any atom is -0.429 e. The van der Waals surface area contributed by atoms with Gasteiger partial charge in [0.05, 0.1) is 0 Å². The van der Waals surface area contributed by atoms with E-state index in [4.69, 9.17) is 5.73 Å².